The zero-order valence-corrected chi connectivity index (χ0v) is 11.1. The summed E-state index contributed by atoms with van der Waals surface area (Å²) < 4.78 is 26.1. The van der Waals surface area contributed by atoms with Crippen LogP contribution in [0.25, 0.3) is 0 Å². The molecular weight excluding hydrogens is 240 g/mol. The highest BCUT2D eigenvalue weighted by molar-refractivity contribution is 7.89. The number of H-pyrrole nitrogens is 1. The maximum atomic E-state index is 12.3. The van der Waals surface area contributed by atoms with Crippen molar-refractivity contribution >= 4 is 10.0 Å². The first-order valence-corrected chi connectivity index (χ1v) is 7.27. The first kappa shape index (κ1) is 14.2. The molecule has 0 aliphatic heterocycles. The van der Waals surface area contributed by atoms with E-state index in [1.54, 1.807) is 6.20 Å². The highest BCUT2D eigenvalue weighted by atomic mass is 32.2. The van der Waals surface area contributed by atoms with Gasteiger partial charge < -0.3 is 10.1 Å². The first-order chi connectivity index (χ1) is 8.07. The highest BCUT2D eigenvalue weighted by Gasteiger charge is 2.29. The maximum Gasteiger partial charge on any atom is 0.244 e. The average Bonchev–Trinajstić information content (AvgIpc) is 2.83. The van der Waals surface area contributed by atoms with E-state index in [4.69, 9.17) is 5.11 Å². The van der Waals surface area contributed by atoms with Gasteiger partial charge in [-0.05, 0) is 18.9 Å². The van der Waals surface area contributed by atoms with Crippen molar-refractivity contribution in [1.82, 2.24) is 9.29 Å². The molecule has 1 heterocycles. The van der Waals surface area contributed by atoms with Gasteiger partial charge in [0.25, 0.3) is 0 Å². The molecule has 2 N–H and O–H groups in total. The summed E-state index contributed by atoms with van der Waals surface area (Å²) in [5.74, 6) is 0. The second-order valence-electron chi connectivity index (χ2n) is 3.86. The van der Waals surface area contributed by atoms with Crippen molar-refractivity contribution in [3.63, 3.8) is 0 Å². The fraction of sp³-hybridized carbons (Fsp3) is 0.636. The fourth-order valence-corrected chi connectivity index (χ4v) is 3.64. The van der Waals surface area contributed by atoms with Gasteiger partial charge in [-0.1, -0.05) is 13.8 Å². The molecule has 0 saturated carbocycles. The molecule has 0 amide bonds. The zero-order chi connectivity index (χ0) is 12.9. The van der Waals surface area contributed by atoms with E-state index in [9.17, 15) is 8.42 Å². The van der Waals surface area contributed by atoms with E-state index in [1.165, 1.54) is 16.6 Å². The predicted molar refractivity (Wildman–Crippen MR) is 66.1 cm³/mol. The normalized spacial score (nSPS) is 12.5. The minimum absolute atomic E-state index is 0.0675. The van der Waals surface area contributed by atoms with Gasteiger partial charge in [0.2, 0.25) is 10.0 Å². The molecule has 0 fully saturated rings. The zero-order valence-electron chi connectivity index (χ0n) is 10.3. The molecule has 1 aromatic heterocycles. The Labute approximate surface area is 103 Å². The van der Waals surface area contributed by atoms with E-state index < -0.39 is 10.0 Å². The van der Waals surface area contributed by atoms with Gasteiger partial charge in [-0.2, -0.15) is 4.31 Å². The van der Waals surface area contributed by atoms with Crippen LogP contribution in [0.3, 0.4) is 0 Å². The monoisotopic (exact) mass is 260 g/mol. The fourth-order valence-electron chi connectivity index (χ4n) is 1.90. The number of nitrogens with one attached hydrogen (secondary N) is 1. The van der Waals surface area contributed by atoms with E-state index in [1.807, 2.05) is 13.8 Å². The number of aromatic nitrogens is 1. The van der Waals surface area contributed by atoms with Crippen LogP contribution in [0.1, 0.15) is 26.7 Å². The lowest BCUT2D eigenvalue weighted by atomic mass is 10.2. The van der Waals surface area contributed by atoms with Gasteiger partial charge in [0, 0.05) is 25.0 Å². The molecule has 0 bridgehead atoms. The smallest absolute Gasteiger partial charge is 0.244 e. The minimum Gasteiger partial charge on any atom is -0.395 e. The van der Waals surface area contributed by atoms with Crippen LogP contribution in [0.2, 0.25) is 0 Å². The highest BCUT2D eigenvalue weighted by Crippen LogP contribution is 2.20. The molecule has 0 unspecified atom stereocenters. The van der Waals surface area contributed by atoms with Crippen molar-refractivity contribution in [3.8, 4) is 0 Å². The van der Waals surface area contributed by atoms with Gasteiger partial charge in [-0.15, -0.1) is 0 Å². The summed E-state index contributed by atoms with van der Waals surface area (Å²) in [5, 5.41) is 9.02. The van der Waals surface area contributed by atoms with Crippen molar-refractivity contribution in [3.05, 3.63) is 18.5 Å². The van der Waals surface area contributed by atoms with Crippen LogP contribution in [0.4, 0.5) is 0 Å². The molecule has 0 aliphatic carbocycles. The average molecular weight is 260 g/mol. The second kappa shape index (κ2) is 6.18. The third-order valence-electron chi connectivity index (χ3n) is 2.85. The van der Waals surface area contributed by atoms with Crippen molar-refractivity contribution in [2.24, 2.45) is 0 Å². The summed E-state index contributed by atoms with van der Waals surface area (Å²) in [4.78, 5) is 2.99. The molecular formula is C11H20N2O3S. The number of rotatable bonds is 7. The van der Waals surface area contributed by atoms with E-state index >= 15 is 0 Å². The van der Waals surface area contributed by atoms with Gasteiger partial charge in [0.1, 0.15) is 0 Å². The van der Waals surface area contributed by atoms with E-state index in [-0.39, 0.29) is 24.1 Å². The molecule has 1 aromatic rings. The van der Waals surface area contributed by atoms with Crippen LogP contribution in [-0.2, 0) is 10.0 Å². The van der Waals surface area contributed by atoms with Gasteiger partial charge in [-0.3, -0.25) is 0 Å². The van der Waals surface area contributed by atoms with E-state index in [0.29, 0.717) is 0 Å². The van der Waals surface area contributed by atoms with Crippen LogP contribution < -0.4 is 0 Å². The summed E-state index contributed by atoms with van der Waals surface area (Å²) in [6.07, 6.45) is 4.51. The molecule has 5 nitrogen and oxygen atoms in total. The molecule has 0 atom stereocenters. The third kappa shape index (κ3) is 3.08. The number of hydrogen-bond donors (Lipinski definition) is 2. The van der Waals surface area contributed by atoms with Gasteiger partial charge in [0.15, 0.2) is 0 Å². The molecule has 6 heteroatoms. The second-order valence-corrected chi connectivity index (χ2v) is 5.75. The lowest BCUT2D eigenvalue weighted by Crippen LogP contribution is -2.41. The quantitative estimate of drug-likeness (QED) is 0.773. The number of aliphatic hydroxyl groups is 1. The first-order valence-electron chi connectivity index (χ1n) is 5.83. The summed E-state index contributed by atoms with van der Waals surface area (Å²) >= 11 is 0. The molecule has 0 saturated heterocycles. The number of sulfonamides is 1. The van der Waals surface area contributed by atoms with Crippen LogP contribution in [0.15, 0.2) is 23.4 Å². The summed E-state index contributed by atoms with van der Waals surface area (Å²) in [6.45, 7) is 3.87. The largest absolute Gasteiger partial charge is 0.395 e. The number of aromatic amines is 1. The summed E-state index contributed by atoms with van der Waals surface area (Å²) in [5.41, 5.74) is 0. The van der Waals surface area contributed by atoms with Crippen LogP contribution in [0.5, 0.6) is 0 Å². The molecule has 17 heavy (non-hydrogen) atoms. The molecule has 0 aromatic carbocycles. The predicted octanol–water partition coefficient (Wildman–Crippen LogP) is 1.19. The molecule has 98 valence electrons. The molecule has 0 aliphatic rings. The Balaban J connectivity index is 3.06. The third-order valence-corrected chi connectivity index (χ3v) is 4.79. The molecule has 0 radical (unpaired) electrons. The minimum atomic E-state index is -3.50. The maximum absolute atomic E-state index is 12.3. The standard InChI is InChI=1S/C11H20N2O3S/c1-3-10(4-2)13(7-8-14)17(15,16)11-5-6-12-9-11/h5-6,9-10,12,14H,3-4,7-8H2,1-2H3. The van der Waals surface area contributed by atoms with Crippen molar-refractivity contribution in [2.75, 3.05) is 13.2 Å². The van der Waals surface area contributed by atoms with E-state index in [0.717, 1.165) is 12.8 Å². The summed E-state index contributed by atoms with van der Waals surface area (Å²) in [7, 11) is -3.50. The van der Waals surface area contributed by atoms with Crippen LogP contribution in [-0.4, -0.2) is 42.0 Å². The lowest BCUT2D eigenvalue weighted by molar-refractivity contribution is 0.219. The molecule has 1 rings (SSSR count). The van der Waals surface area contributed by atoms with Crippen LogP contribution >= 0.6 is 0 Å². The van der Waals surface area contributed by atoms with Gasteiger partial charge in [-0.25, -0.2) is 8.42 Å². The van der Waals surface area contributed by atoms with E-state index in [2.05, 4.69) is 4.98 Å². The Bertz CT molecular complexity index is 410. The Morgan fingerprint density at radius 2 is 2.06 bits per heavy atom. The van der Waals surface area contributed by atoms with Gasteiger partial charge in [0.05, 0.1) is 11.5 Å². The SMILES string of the molecule is CCC(CC)N(CCO)S(=O)(=O)c1cc[nH]c1. The van der Waals surface area contributed by atoms with Crippen molar-refractivity contribution in [1.29, 1.82) is 0 Å². The number of hydrogen-bond acceptors (Lipinski definition) is 3. The van der Waals surface area contributed by atoms with Gasteiger partial charge >= 0.3 is 0 Å². The van der Waals surface area contributed by atoms with Crippen molar-refractivity contribution < 1.29 is 13.5 Å². The van der Waals surface area contributed by atoms with Crippen LogP contribution in [0, 0.1) is 0 Å². The Morgan fingerprint density at radius 3 is 2.47 bits per heavy atom. The lowest BCUT2D eigenvalue weighted by Gasteiger charge is -2.28. The Morgan fingerprint density at radius 1 is 1.41 bits per heavy atom. The Kier molecular flexibility index (Phi) is 5.17. The number of aliphatic hydroxyl groups excluding tert-OH is 1. The topological polar surface area (TPSA) is 73.4 Å². The van der Waals surface area contributed by atoms with Crippen molar-refractivity contribution in [2.45, 2.75) is 37.6 Å². The Hall–Kier alpha value is -0.850. The summed E-state index contributed by atoms with van der Waals surface area (Å²) in [6, 6.07) is 1.46. The molecule has 0 spiro atoms. The number of nitrogens with zero attached hydrogens (tertiary/aromatic N) is 1.